The second-order valence-corrected chi connectivity index (χ2v) is 4.50. The first-order chi connectivity index (χ1) is 9.13. The highest BCUT2D eigenvalue weighted by atomic mass is 16.6. The number of hydrogen-bond donors (Lipinski definition) is 1. The maximum Gasteiger partial charge on any atom is 0.273 e. The largest absolute Gasteiger partial charge is 0.336 e. The Morgan fingerprint density at radius 3 is 2.68 bits per heavy atom. The summed E-state index contributed by atoms with van der Waals surface area (Å²) in [5.74, 6) is -0.132. The van der Waals surface area contributed by atoms with E-state index in [0.717, 1.165) is 13.1 Å². The van der Waals surface area contributed by atoms with E-state index >= 15 is 0 Å². The third kappa shape index (κ3) is 2.90. The monoisotopic (exact) mass is 263 g/mol. The van der Waals surface area contributed by atoms with Crippen molar-refractivity contribution in [1.29, 1.82) is 0 Å². The van der Waals surface area contributed by atoms with Crippen LogP contribution in [0.25, 0.3) is 0 Å². The van der Waals surface area contributed by atoms with Gasteiger partial charge in [0.1, 0.15) is 0 Å². The predicted molar refractivity (Wildman–Crippen MR) is 71.2 cm³/mol. The topological polar surface area (TPSA) is 75.5 Å². The molecule has 1 aromatic rings. The van der Waals surface area contributed by atoms with E-state index in [0.29, 0.717) is 30.6 Å². The number of piperazine rings is 1. The Kier molecular flexibility index (Phi) is 4.11. The zero-order valence-corrected chi connectivity index (χ0v) is 10.9. The van der Waals surface area contributed by atoms with Gasteiger partial charge in [-0.3, -0.25) is 14.9 Å². The number of hydrogen-bond acceptors (Lipinski definition) is 4. The smallest absolute Gasteiger partial charge is 0.273 e. The Labute approximate surface area is 111 Å². The number of nitrogens with zero attached hydrogens (tertiary/aromatic N) is 2. The SMILES string of the molecule is CCc1ccc(C(=O)N2CCNCC2)cc1[N+](=O)[O-]. The van der Waals surface area contributed by atoms with Gasteiger partial charge in [0.05, 0.1) is 4.92 Å². The Balaban J connectivity index is 2.26. The molecule has 0 saturated carbocycles. The molecule has 0 bridgehead atoms. The summed E-state index contributed by atoms with van der Waals surface area (Å²) < 4.78 is 0. The van der Waals surface area contributed by atoms with Gasteiger partial charge in [-0.25, -0.2) is 0 Å². The van der Waals surface area contributed by atoms with Crippen molar-refractivity contribution >= 4 is 11.6 Å². The zero-order chi connectivity index (χ0) is 13.8. The first-order valence-electron chi connectivity index (χ1n) is 6.40. The molecule has 0 unspecified atom stereocenters. The van der Waals surface area contributed by atoms with E-state index in [1.54, 1.807) is 17.0 Å². The lowest BCUT2D eigenvalue weighted by Crippen LogP contribution is -2.46. The van der Waals surface area contributed by atoms with Gasteiger partial charge < -0.3 is 10.2 Å². The predicted octanol–water partition coefficient (Wildman–Crippen LogP) is 1.20. The fraction of sp³-hybridized carbons (Fsp3) is 0.462. The van der Waals surface area contributed by atoms with Crippen LogP contribution in [0.2, 0.25) is 0 Å². The molecule has 0 aromatic heterocycles. The second-order valence-electron chi connectivity index (χ2n) is 4.50. The first kappa shape index (κ1) is 13.5. The third-order valence-corrected chi connectivity index (χ3v) is 3.31. The van der Waals surface area contributed by atoms with Crippen LogP contribution < -0.4 is 5.32 Å². The lowest BCUT2D eigenvalue weighted by molar-refractivity contribution is -0.385. The number of carbonyl (C=O) groups excluding carboxylic acids is 1. The number of carbonyl (C=O) groups is 1. The Bertz CT molecular complexity index is 496. The van der Waals surface area contributed by atoms with Crippen molar-refractivity contribution < 1.29 is 9.72 Å². The maximum atomic E-state index is 12.2. The summed E-state index contributed by atoms with van der Waals surface area (Å²) >= 11 is 0. The van der Waals surface area contributed by atoms with Crippen molar-refractivity contribution in [1.82, 2.24) is 10.2 Å². The molecule has 1 aliphatic heterocycles. The Morgan fingerprint density at radius 1 is 1.42 bits per heavy atom. The molecule has 1 aromatic carbocycles. The number of rotatable bonds is 3. The van der Waals surface area contributed by atoms with E-state index < -0.39 is 4.92 Å². The van der Waals surface area contributed by atoms with Gasteiger partial charge >= 0.3 is 0 Å². The molecule has 1 fully saturated rings. The molecule has 0 aliphatic carbocycles. The van der Waals surface area contributed by atoms with Crippen molar-refractivity contribution in [3.8, 4) is 0 Å². The van der Waals surface area contributed by atoms with E-state index in [9.17, 15) is 14.9 Å². The molecule has 1 heterocycles. The highest BCUT2D eigenvalue weighted by molar-refractivity contribution is 5.95. The van der Waals surface area contributed by atoms with Gasteiger partial charge in [0.15, 0.2) is 0 Å². The van der Waals surface area contributed by atoms with Crippen LogP contribution in [0.15, 0.2) is 18.2 Å². The minimum absolute atomic E-state index is 0.0310. The Morgan fingerprint density at radius 2 is 2.11 bits per heavy atom. The molecular weight excluding hydrogens is 246 g/mol. The van der Waals surface area contributed by atoms with Crippen molar-refractivity contribution in [2.24, 2.45) is 0 Å². The molecule has 6 nitrogen and oxygen atoms in total. The van der Waals surface area contributed by atoms with Crippen LogP contribution in [0.5, 0.6) is 0 Å². The molecule has 0 atom stereocenters. The van der Waals surface area contributed by atoms with Gasteiger partial charge in [0.2, 0.25) is 0 Å². The van der Waals surface area contributed by atoms with E-state index in [4.69, 9.17) is 0 Å². The molecule has 1 amide bonds. The maximum absolute atomic E-state index is 12.2. The summed E-state index contributed by atoms with van der Waals surface area (Å²) in [6, 6.07) is 4.74. The molecular formula is C13H17N3O3. The molecule has 6 heteroatoms. The lowest BCUT2D eigenvalue weighted by Gasteiger charge is -2.27. The van der Waals surface area contributed by atoms with Crippen molar-refractivity contribution in [3.05, 3.63) is 39.4 Å². The summed E-state index contributed by atoms with van der Waals surface area (Å²) in [7, 11) is 0. The van der Waals surface area contributed by atoms with Crippen molar-refractivity contribution in [2.45, 2.75) is 13.3 Å². The molecule has 0 radical (unpaired) electrons. The standard InChI is InChI=1S/C13H17N3O3/c1-2-10-3-4-11(9-12(10)16(18)19)13(17)15-7-5-14-6-8-15/h3-4,9,14H,2,5-8H2,1H3. The number of benzene rings is 1. The van der Waals surface area contributed by atoms with Crippen LogP contribution in [-0.2, 0) is 6.42 Å². The quantitative estimate of drug-likeness (QED) is 0.657. The lowest BCUT2D eigenvalue weighted by atomic mass is 10.1. The van der Waals surface area contributed by atoms with Crippen molar-refractivity contribution in [3.63, 3.8) is 0 Å². The molecule has 19 heavy (non-hydrogen) atoms. The molecule has 102 valence electrons. The summed E-state index contributed by atoms with van der Waals surface area (Å²) in [5, 5.41) is 14.2. The van der Waals surface area contributed by atoms with Crippen LogP contribution in [0.3, 0.4) is 0 Å². The highest BCUT2D eigenvalue weighted by Gasteiger charge is 2.21. The number of amides is 1. The third-order valence-electron chi connectivity index (χ3n) is 3.31. The number of nitrogens with one attached hydrogen (secondary N) is 1. The number of nitro groups is 1. The molecule has 1 saturated heterocycles. The summed E-state index contributed by atoms with van der Waals surface area (Å²) in [4.78, 5) is 24.6. The molecule has 2 rings (SSSR count). The van der Waals surface area contributed by atoms with E-state index in [-0.39, 0.29) is 11.6 Å². The average Bonchev–Trinajstić information content (AvgIpc) is 2.46. The summed E-state index contributed by atoms with van der Waals surface area (Å²) in [6.07, 6.45) is 0.582. The summed E-state index contributed by atoms with van der Waals surface area (Å²) in [5.41, 5.74) is 1.08. The molecule has 1 aliphatic rings. The van der Waals surface area contributed by atoms with Crippen molar-refractivity contribution in [2.75, 3.05) is 26.2 Å². The zero-order valence-electron chi connectivity index (χ0n) is 10.9. The fourth-order valence-electron chi connectivity index (χ4n) is 2.22. The summed E-state index contributed by atoms with van der Waals surface area (Å²) in [6.45, 7) is 4.67. The fourth-order valence-corrected chi connectivity index (χ4v) is 2.22. The van der Waals surface area contributed by atoms with Gasteiger partial charge in [-0.15, -0.1) is 0 Å². The number of aryl methyl sites for hydroxylation is 1. The van der Waals surface area contributed by atoms with Gasteiger partial charge in [0, 0.05) is 43.4 Å². The van der Waals surface area contributed by atoms with Crippen LogP contribution in [0.4, 0.5) is 5.69 Å². The minimum atomic E-state index is -0.423. The van der Waals surface area contributed by atoms with E-state index in [1.165, 1.54) is 6.07 Å². The van der Waals surface area contributed by atoms with Gasteiger partial charge in [-0.1, -0.05) is 13.0 Å². The molecule has 1 N–H and O–H groups in total. The normalized spacial score (nSPS) is 15.3. The Hall–Kier alpha value is -1.95. The van der Waals surface area contributed by atoms with Gasteiger partial charge in [-0.05, 0) is 12.5 Å². The van der Waals surface area contributed by atoms with Crippen LogP contribution in [0.1, 0.15) is 22.8 Å². The molecule has 0 spiro atoms. The van der Waals surface area contributed by atoms with Gasteiger partial charge in [-0.2, -0.15) is 0 Å². The van der Waals surface area contributed by atoms with E-state index in [2.05, 4.69) is 5.32 Å². The number of nitro benzene ring substituents is 1. The minimum Gasteiger partial charge on any atom is -0.336 e. The first-order valence-corrected chi connectivity index (χ1v) is 6.40. The van der Waals surface area contributed by atoms with Gasteiger partial charge in [0.25, 0.3) is 11.6 Å². The van der Waals surface area contributed by atoms with E-state index in [1.807, 2.05) is 6.92 Å². The highest BCUT2D eigenvalue weighted by Crippen LogP contribution is 2.21. The van der Waals surface area contributed by atoms with Crippen LogP contribution in [0, 0.1) is 10.1 Å². The second kappa shape index (κ2) is 5.79. The van der Waals surface area contributed by atoms with Crippen LogP contribution in [-0.4, -0.2) is 41.9 Å². The average molecular weight is 263 g/mol. The van der Waals surface area contributed by atoms with Crippen LogP contribution >= 0.6 is 0 Å².